The summed E-state index contributed by atoms with van der Waals surface area (Å²) in [5.41, 5.74) is 16.0. The molecule has 0 radical (unpaired) electrons. The van der Waals surface area contributed by atoms with Gasteiger partial charge in [0.2, 0.25) is 0 Å². The minimum Gasteiger partial charge on any atom is -0.344 e. The molecule has 1 spiro atoms. The predicted octanol–water partition coefficient (Wildman–Crippen LogP) is 12.9. The average molecular weight is 785 g/mol. The molecule has 9 aromatic rings. The minimum atomic E-state index is -0.566. The molecule has 0 fully saturated rings. The molecular formula is C55H36N4S. The first-order valence-electron chi connectivity index (χ1n) is 20.4. The molecule has 5 heteroatoms. The van der Waals surface area contributed by atoms with E-state index >= 15 is 0 Å². The number of aromatic nitrogens is 1. The minimum absolute atomic E-state index is 0.284. The van der Waals surface area contributed by atoms with Gasteiger partial charge in [0.05, 0.1) is 10.9 Å². The Morgan fingerprint density at radius 2 is 1.03 bits per heavy atom. The van der Waals surface area contributed by atoms with E-state index < -0.39 is 5.41 Å². The summed E-state index contributed by atoms with van der Waals surface area (Å²) in [7, 11) is 0. The number of amidine groups is 2. The molecule has 3 aliphatic rings. The van der Waals surface area contributed by atoms with E-state index in [9.17, 15) is 0 Å². The van der Waals surface area contributed by atoms with Crippen molar-refractivity contribution in [1.29, 1.82) is 0 Å². The number of para-hydroxylation sites is 1. The lowest BCUT2D eigenvalue weighted by molar-refractivity contribution is 0.674. The standard InChI is InChI=1S/C55H36N4S/c1-3-13-37(14-4-1)52-57-53(38-15-5-2-6-16-38)59-54(58-52)40-28-30-51-48(34-40)55(45-20-10-7-17-42(45)43-18-8-11-21-46(43)55)47-33-39(27-29-50(47)60-51)35-23-25-36(26-24-35)41-31-32-56-49-22-12-9-19-44(41)49/h1-34,52H,(H,57,58,59). The van der Waals surface area contributed by atoms with Crippen molar-refractivity contribution in [3.8, 4) is 33.4 Å². The predicted molar refractivity (Wildman–Crippen MR) is 246 cm³/mol. The van der Waals surface area contributed by atoms with Crippen LogP contribution in [0.2, 0.25) is 0 Å². The molecule has 2 aliphatic heterocycles. The molecule has 60 heavy (non-hydrogen) atoms. The Morgan fingerprint density at radius 1 is 0.450 bits per heavy atom. The molecule has 1 unspecified atom stereocenters. The Balaban J connectivity index is 1.04. The van der Waals surface area contributed by atoms with Gasteiger partial charge in [-0.2, -0.15) is 0 Å². The molecule has 1 atom stereocenters. The van der Waals surface area contributed by atoms with Crippen molar-refractivity contribution in [2.24, 2.45) is 9.98 Å². The van der Waals surface area contributed by atoms with Crippen molar-refractivity contribution in [2.45, 2.75) is 21.4 Å². The van der Waals surface area contributed by atoms with E-state index in [0.717, 1.165) is 33.4 Å². The van der Waals surface area contributed by atoms with Gasteiger partial charge in [-0.3, -0.25) is 4.98 Å². The maximum atomic E-state index is 5.30. The van der Waals surface area contributed by atoms with Crippen LogP contribution in [0.1, 0.15) is 45.1 Å². The number of pyridine rings is 1. The Kier molecular flexibility index (Phi) is 8.03. The summed E-state index contributed by atoms with van der Waals surface area (Å²) in [6.45, 7) is 0. The average Bonchev–Trinajstić information content (AvgIpc) is 3.62. The van der Waals surface area contributed by atoms with Gasteiger partial charge in [-0.15, -0.1) is 0 Å². The van der Waals surface area contributed by atoms with E-state index in [0.29, 0.717) is 5.84 Å². The van der Waals surface area contributed by atoms with Gasteiger partial charge in [-0.25, -0.2) is 9.98 Å². The molecular weight excluding hydrogens is 749 g/mol. The quantitative estimate of drug-likeness (QED) is 0.189. The molecule has 0 saturated carbocycles. The van der Waals surface area contributed by atoms with Gasteiger partial charge in [-0.05, 0) is 97.6 Å². The van der Waals surface area contributed by atoms with E-state index in [1.807, 2.05) is 36.2 Å². The smallest absolute Gasteiger partial charge is 0.159 e. The summed E-state index contributed by atoms with van der Waals surface area (Å²) in [6.07, 6.45) is 1.62. The molecule has 282 valence electrons. The third-order valence-electron chi connectivity index (χ3n) is 12.3. The molecule has 1 N–H and O–H groups in total. The van der Waals surface area contributed by atoms with Gasteiger partial charge < -0.3 is 5.32 Å². The third-order valence-corrected chi connectivity index (χ3v) is 13.4. The van der Waals surface area contributed by atoms with Gasteiger partial charge >= 0.3 is 0 Å². The number of benzene rings is 8. The molecule has 0 amide bonds. The maximum Gasteiger partial charge on any atom is 0.159 e. The van der Waals surface area contributed by atoms with Gasteiger partial charge in [0, 0.05) is 32.5 Å². The molecule has 12 rings (SSSR count). The molecule has 1 aliphatic carbocycles. The highest BCUT2D eigenvalue weighted by atomic mass is 32.2. The highest BCUT2D eigenvalue weighted by Gasteiger charge is 2.50. The number of nitrogens with one attached hydrogen (secondary N) is 1. The Labute approximate surface area is 353 Å². The van der Waals surface area contributed by atoms with Crippen LogP contribution in [0, 0.1) is 0 Å². The lowest BCUT2D eigenvalue weighted by Crippen LogP contribution is -2.34. The fourth-order valence-electron chi connectivity index (χ4n) is 9.54. The van der Waals surface area contributed by atoms with Gasteiger partial charge in [-0.1, -0.05) is 176 Å². The van der Waals surface area contributed by atoms with Gasteiger partial charge in [0.15, 0.2) is 5.84 Å². The van der Waals surface area contributed by atoms with Crippen LogP contribution >= 0.6 is 11.8 Å². The van der Waals surface area contributed by atoms with Crippen LogP contribution in [0.3, 0.4) is 0 Å². The van der Waals surface area contributed by atoms with E-state index in [1.165, 1.54) is 65.4 Å². The first-order chi connectivity index (χ1) is 29.7. The molecule has 3 heterocycles. The normalized spacial score (nSPS) is 15.6. The fraction of sp³-hybridized carbons (Fsp3) is 0.0364. The Bertz CT molecular complexity index is 3160. The van der Waals surface area contributed by atoms with Crippen molar-refractivity contribution < 1.29 is 0 Å². The third kappa shape index (κ3) is 5.43. The van der Waals surface area contributed by atoms with E-state index in [2.05, 4.69) is 192 Å². The maximum absolute atomic E-state index is 5.30. The molecule has 4 nitrogen and oxygen atoms in total. The van der Waals surface area contributed by atoms with Crippen molar-refractivity contribution in [1.82, 2.24) is 10.3 Å². The van der Waals surface area contributed by atoms with Crippen LogP contribution in [0.15, 0.2) is 226 Å². The number of hydrogen-bond donors (Lipinski definition) is 1. The lowest BCUT2D eigenvalue weighted by atomic mass is 9.66. The van der Waals surface area contributed by atoms with Gasteiger partial charge in [0.1, 0.15) is 12.0 Å². The van der Waals surface area contributed by atoms with Crippen molar-refractivity contribution >= 4 is 34.3 Å². The van der Waals surface area contributed by atoms with Crippen LogP contribution in [0.5, 0.6) is 0 Å². The van der Waals surface area contributed by atoms with Crippen molar-refractivity contribution in [3.63, 3.8) is 0 Å². The summed E-state index contributed by atoms with van der Waals surface area (Å²) in [5, 5.41) is 4.79. The van der Waals surface area contributed by atoms with E-state index in [-0.39, 0.29) is 6.17 Å². The summed E-state index contributed by atoms with van der Waals surface area (Å²) in [4.78, 5) is 17.6. The number of hydrogen-bond acceptors (Lipinski definition) is 5. The largest absolute Gasteiger partial charge is 0.344 e. The summed E-state index contributed by atoms with van der Waals surface area (Å²) in [6, 6.07) is 72.2. The second-order valence-corrected chi connectivity index (χ2v) is 16.6. The summed E-state index contributed by atoms with van der Waals surface area (Å²) >= 11 is 1.85. The van der Waals surface area contributed by atoms with Crippen LogP contribution < -0.4 is 5.32 Å². The molecule has 0 saturated heterocycles. The topological polar surface area (TPSA) is 49.6 Å². The zero-order valence-electron chi connectivity index (χ0n) is 32.5. The van der Waals surface area contributed by atoms with Crippen LogP contribution in [-0.2, 0) is 5.41 Å². The van der Waals surface area contributed by atoms with Crippen LogP contribution in [0.4, 0.5) is 0 Å². The zero-order chi connectivity index (χ0) is 39.6. The SMILES string of the molecule is c1ccc(C2=NC(c3ccc4c(c3)C3(c5cc(-c6ccc(-c7ccnc8ccccc78)cc6)ccc5S4)c4ccccc4-c4ccccc43)=NC(c3ccccc3)N2)cc1. The summed E-state index contributed by atoms with van der Waals surface area (Å²) < 4.78 is 0. The molecule has 0 bridgehead atoms. The number of aliphatic imine (C=N–C) groups is 2. The van der Waals surface area contributed by atoms with Gasteiger partial charge in [0.25, 0.3) is 0 Å². The number of nitrogens with zero attached hydrogens (tertiary/aromatic N) is 3. The highest BCUT2D eigenvalue weighted by molar-refractivity contribution is 7.99. The zero-order valence-corrected chi connectivity index (χ0v) is 33.3. The van der Waals surface area contributed by atoms with Crippen LogP contribution in [0.25, 0.3) is 44.3 Å². The second-order valence-electron chi connectivity index (χ2n) is 15.6. The first kappa shape index (κ1) is 34.7. The molecule has 1 aromatic heterocycles. The molecule has 8 aromatic carbocycles. The fourth-order valence-corrected chi connectivity index (χ4v) is 10.7. The Morgan fingerprint density at radius 3 is 1.77 bits per heavy atom. The number of fused-ring (bicyclic) bond motifs is 10. The van der Waals surface area contributed by atoms with E-state index in [4.69, 9.17) is 9.98 Å². The highest BCUT2D eigenvalue weighted by Crippen LogP contribution is 2.62. The lowest BCUT2D eigenvalue weighted by Gasteiger charge is -2.40. The van der Waals surface area contributed by atoms with Crippen LogP contribution in [-0.4, -0.2) is 16.7 Å². The summed E-state index contributed by atoms with van der Waals surface area (Å²) in [5.74, 6) is 1.52. The Hall–Kier alpha value is -7.34. The number of rotatable bonds is 5. The monoisotopic (exact) mass is 784 g/mol. The van der Waals surface area contributed by atoms with E-state index in [1.54, 1.807) is 0 Å². The first-order valence-corrected chi connectivity index (χ1v) is 21.2. The second kappa shape index (κ2) is 13.9. The van der Waals surface area contributed by atoms with Crippen molar-refractivity contribution in [2.75, 3.05) is 0 Å². The van der Waals surface area contributed by atoms with Crippen molar-refractivity contribution in [3.05, 3.63) is 245 Å².